The SMILES string of the molecule is CC(=O)Nc1sc2c(c1C(N)=O)CC(C)(C)c1ccccc1-2. The smallest absolute Gasteiger partial charge is 0.252 e. The lowest BCUT2D eigenvalue weighted by atomic mass is 9.72. The third-order valence-electron chi connectivity index (χ3n) is 4.06. The number of carbonyl (C=O) groups is 2. The van der Waals surface area contributed by atoms with Crippen LogP contribution in [0.1, 0.15) is 42.3 Å². The van der Waals surface area contributed by atoms with E-state index >= 15 is 0 Å². The van der Waals surface area contributed by atoms with E-state index < -0.39 is 5.91 Å². The van der Waals surface area contributed by atoms with Crippen molar-refractivity contribution in [1.82, 2.24) is 0 Å². The van der Waals surface area contributed by atoms with E-state index in [2.05, 4.69) is 31.3 Å². The predicted octanol–water partition coefficient (Wildman–Crippen LogP) is 3.31. The molecular weight excluding hydrogens is 296 g/mol. The molecule has 1 heterocycles. The van der Waals surface area contributed by atoms with Crippen molar-refractivity contribution >= 4 is 28.2 Å². The Labute approximate surface area is 133 Å². The molecule has 1 aromatic heterocycles. The molecule has 0 spiro atoms. The van der Waals surface area contributed by atoms with Gasteiger partial charge in [-0.05, 0) is 28.5 Å². The number of rotatable bonds is 2. The van der Waals surface area contributed by atoms with Crippen molar-refractivity contribution in [3.8, 4) is 10.4 Å². The molecule has 0 bridgehead atoms. The quantitative estimate of drug-likeness (QED) is 0.892. The molecule has 2 aromatic rings. The summed E-state index contributed by atoms with van der Waals surface area (Å²) in [5.74, 6) is -0.690. The fourth-order valence-corrected chi connectivity index (χ4v) is 4.48. The number of fused-ring (bicyclic) bond motifs is 3. The molecule has 114 valence electrons. The lowest BCUT2D eigenvalue weighted by molar-refractivity contribution is -0.114. The van der Waals surface area contributed by atoms with Crippen LogP contribution >= 0.6 is 11.3 Å². The number of amides is 2. The van der Waals surface area contributed by atoms with Gasteiger partial charge in [0.15, 0.2) is 0 Å². The van der Waals surface area contributed by atoms with Gasteiger partial charge < -0.3 is 11.1 Å². The van der Waals surface area contributed by atoms with E-state index in [1.807, 2.05) is 12.1 Å². The van der Waals surface area contributed by atoms with Crippen LogP contribution in [0.15, 0.2) is 24.3 Å². The highest BCUT2D eigenvalue weighted by Gasteiger charge is 2.36. The van der Waals surface area contributed by atoms with Crippen molar-refractivity contribution < 1.29 is 9.59 Å². The second-order valence-electron chi connectivity index (χ2n) is 6.27. The molecule has 3 rings (SSSR count). The van der Waals surface area contributed by atoms with Gasteiger partial charge in [-0.15, -0.1) is 11.3 Å². The summed E-state index contributed by atoms with van der Waals surface area (Å²) < 4.78 is 0. The van der Waals surface area contributed by atoms with Crippen molar-refractivity contribution in [3.05, 3.63) is 41.0 Å². The van der Waals surface area contributed by atoms with E-state index in [-0.39, 0.29) is 11.3 Å². The van der Waals surface area contributed by atoms with E-state index in [4.69, 9.17) is 5.73 Å². The van der Waals surface area contributed by atoms with Crippen molar-refractivity contribution in [2.45, 2.75) is 32.6 Å². The van der Waals surface area contributed by atoms with Crippen LogP contribution in [0.5, 0.6) is 0 Å². The van der Waals surface area contributed by atoms with Gasteiger partial charge in [0.25, 0.3) is 5.91 Å². The topological polar surface area (TPSA) is 72.2 Å². The summed E-state index contributed by atoms with van der Waals surface area (Å²) >= 11 is 1.43. The van der Waals surface area contributed by atoms with E-state index in [1.54, 1.807) is 0 Å². The lowest BCUT2D eigenvalue weighted by Crippen LogP contribution is -2.27. The minimum absolute atomic E-state index is 0.0810. The van der Waals surface area contributed by atoms with Gasteiger partial charge in [-0.25, -0.2) is 0 Å². The highest BCUT2D eigenvalue weighted by atomic mass is 32.1. The Morgan fingerprint density at radius 1 is 1.27 bits per heavy atom. The van der Waals surface area contributed by atoms with Crippen LogP contribution in [-0.4, -0.2) is 11.8 Å². The van der Waals surface area contributed by atoms with Crippen LogP contribution in [0, 0.1) is 0 Å². The zero-order valence-corrected chi connectivity index (χ0v) is 13.6. The van der Waals surface area contributed by atoms with E-state index in [1.165, 1.54) is 23.8 Å². The van der Waals surface area contributed by atoms with Crippen LogP contribution in [-0.2, 0) is 16.6 Å². The Hall–Kier alpha value is -2.14. The first-order valence-corrected chi connectivity index (χ1v) is 7.96. The Morgan fingerprint density at radius 3 is 2.59 bits per heavy atom. The van der Waals surface area contributed by atoms with Crippen LogP contribution in [0.4, 0.5) is 5.00 Å². The summed E-state index contributed by atoms with van der Waals surface area (Å²) in [6, 6.07) is 8.21. The third-order valence-corrected chi connectivity index (χ3v) is 5.24. The standard InChI is InChI=1S/C17H18N2O2S/c1-9(20)19-16-13(15(18)21)11-8-17(2,3)12-7-5-4-6-10(12)14(11)22-16/h4-7H,8H2,1-3H3,(H2,18,21)(H,19,20). The molecule has 0 atom stereocenters. The van der Waals surface area contributed by atoms with Gasteiger partial charge in [0.1, 0.15) is 5.00 Å². The molecule has 0 saturated carbocycles. The Morgan fingerprint density at radius 2 is 1.95 bits per heavy atom. The average Bonchev–Trinajstić information content (AvgIpc) is 2.75. The molecule has 0 unspecified atom stereocenters. The summed E-state index contributed by atoms with van der Waals surface area (Å²) in [4.78, 5) is 24.4. The lowest BCUT2D eigenvalue weighted by Gasteiger charge is -2.32. The summed E-state index contributed by atoms with van der Waals surface area (Å²) in [5.41, 5.74) is 9.29. The van der Waals surface area contributed by atoms with Crippen LogP contribution < -0.4 is 11.1 Å². The fraction of sp³-hybridized carbons (Fsp3) is 0.294. The molecule has 0 aliphatic heterocycles. The first-order chi connectivity index (χ1) is 10.3. The molecule has 0 fully saturated rings. The number of nitrogens with two attached hydrogens (primary N) is 1. The first-order valence-electron chi connectivity index (χ1n) is 7.14. The minimum atomic E-state index is -0.489. The Bertz CT molecular complexity index is 790. The normalized spacial score (nSPS) is 14.9. The van der Waals surface area contributed by atoms with Gasteiger partial charge in [0.2, 0.25) is 5.91 Å². The number of hydrogen-bond donors (Lipinski definition) is 2. The van der Waals surface area contributed by atoms with E-state index in [0.717, 1.165) is 22.4 Å². The van der Waals surface area contributed by atoms with Crippen LogP contribution in [0.3, 0.4) is 0 Å². The van der Waals surface area contributed by atoms with Gasteiger partial charge in [0, 0.05) is 11.8 Å². The second kappa shape index (κ2) is 4.95. The number of hydrogen-bond acceptors (Lipinski definition) is 3. The van der Waals surface area contributed by atoms with Crippen LogP contribution in [0.2, 0.25) is 0 Å². The van der Waals surface area contributed by atoms with E-state index in [0.29, 0.717) is 10.6 Å². The maximum Gasteiger partial charge on any atom is 0.252 e. The first kappa shape index (κ1) is 14.8. The summed E-state index contributed by atoms with van der Waals surface area (Å²) in [6.07, 6.45) is 0.730. The number of thiophene rings is 1. The van der Waals surface area contributed by atoms with E-state index in [9.17, 15) is 9.59 Å². The van der Waals surface area contributed by atoms with Crippen molar-refractivity contribution in [3.63, 3.8) is 0 Å². The molecule has 3 N–H and O–H groups in total. The molecular formula is C17H18N2O2S. The molecule has 4 nitrogen and oxygen atoms in total. The van der Waals surface area contributed by atoms with Gasteiger partial charge in [0.05, 0.1) is 5.56 Å². The van der Waals surface area contributed by atoms with Gasteiger partial charge >= 0.3 is 0 Å². The molecule has 5 heteroatoms. The maximum atomic E-state index is 11.9. The third kappa shape index (κ3) is 2.22. The van der Waals surface area contributed by atoms with Crippen molar-refractivity contribution in [1.29, 1.82) is 0 Å². The number of benzene rings is 1. The minimum Gasteiger partial charge on any atom is -0.365 e. The van der Waals surface area contributed by atoms with Crippen molar-refractivity contribution in [2.24, 2.45) is 5.73 Å². The highest BCUT2D eigenvalue weighted by Crippen LogP contribution is 2.50. The average molecular weight is 314 g/mol. The number of primary amides is 1. The molecule has 22 heavy (non-hydrogen) atoms. The largest absolute Gasteiger partial charge is 0.365 e. The Kier molecular flexibility index (Phi) is 3.33. The van der Waals surface area contributed by atoms with Gasteiger partial charge in [-0.2, -0.15) is 0 Å². The molecule has 2 amide bonds. The monoisotopic (exact) mass is 314 g/mol. The fourth-order valence-electron chi connectivity index (χ4n) is 3.17. The maximum absolute atomic E-state index is 11.9. The van der Waals surface area contributed by atoms with Crippen molar-refractivity contribution in [2.75, 3.05) is 5.32 Å². The molecule has 1 aromatic carbocycles. The zero-order valence-electron chi connectivity index (χ0n) is 12.8. The zero-order chi connectivity index (χ0) is 16.1. The molecule has 1 aliphatic rings. The molecule has 0 radical (unpaired) electrons. The number of carbonyl (C=O) groups excluding carboxylic acids is 2. The number of anilines is 1. The Balaban J connectivity index is 2.29. The summed E-state index contributed by atoms with van der Waals surface area (Å²) in [7, 11) is 0. The van der Waals surface area contributed by atoms with Gasteiger partial charge in [-0.1, -0.05) is 38.1 Å². The molecule has 0 saturated heterocycles. The summed E-state index contributed by atoms with van der Waals surface area (Å²) in [6.45, 7) is 5.76. The summed E-state index contributed by atoms with van der Waals surface area (Å²) in [5, 5.41) is 3.30. The second-order valence-corrected chi connectivity index (χ2v) is 7.29. The number of nitrogens with one attached hydrogen (secondary N) is 1. The molecule has 1 aliphatic carbocycles. The van der Waals surface area contributed by atoms with Gasteiger partial charge in [-0.3, -0.25) is 9.59 Å². The highest BCUT2D eigenvalue weighted by molar-refractivity contribution is 7.20. The predicted molar refractivity (Wildman–Crippen MR) is 89.3 cm³/mol. The van der Waals surface area contributed by atoms with Crippen LogP contribution in [0.25, 0.3) is 10.4 Å².